The lowest BCUT2D eigenvalue weighted by atomic mass is 9.82. The Morgan fingerprint density at radius 1 is 0.930 bits per heavy atom. The van der Waals surface area contributed by atoms with Gasteiger partial charge in [-0.25, -0.2) is 4.79 Å². The molecular formula is C34H44N2O7. The van der Waals surface area contributed by atoms with Crippen LogP contribution in [0.15, 0.2) is 54.6 Å². The highest BCUT2D eigenvalue weighted by atomic mass is 16.5. The van der Waals surface area contributed by atoms with Gasteiger partial charge >= 0.3 is 6.03 Å². The van der Waals surface area contributed by atoms with E-state index in [0.717, 1.165) is 31.2 Å². The van der Waals surface area contributed by atoms with Crippen LogP contribution in [0.25, 0.3) is 0 Å². The van der Waals surface area contributed by atoms with E-state index in [9.17, 15) is 19.2 Å². The Bertz CT molecular complexity index is 1190. The van der Waals surface area contributed by atoms with Crippen LogP contribution in [0, 0.1) is 11.8 Å². The molecule has 1 N–H and O–H groups in total. The Balaban J connectivity index is 1.46. The fourth-order valence-electron chi connectivity index (χ4n) is 5.78. The number of rotatable bonds is 15. The van der Waals surface area contributed by atoms with Crippen molar-refractivity contribution in [2.75, 3.05) is 40.0 Å². The second-order valence-corrected chi connectivity index (χ2v) is 11.5. The summed E-state index contributed by atoms with van der Waals surface area (Å²) < 4.78 is 16.4. The maximum atomic E-state index is 13.8. The molecule has 0 aromatic heterocycles. The van der Waals surface area contributed by atoms with Gasteiger partial charge in [-0.15, -0.1) is 0 Å². The van der Waals surface area contributed by atoms with E-state index < -0.39 is 23.5 Å². The third kappa shape index (κ3) is 10.3. The third-order valence-corrected chi connectivity index (χ3v) is 8.33. The van der Waals surface area contributed by atoms with Gasteiger partial charge in [0.25, 0.3) is 0 Å². The summed E-state index contributed by atoms with van der Waals surface area (Å²) in [5.74, 6) is -1.42. The molecule has 1 saturated carbocycles. The summed E-state index contributed by atoms with van der Waals surface area (Å²) in [5.41, 5.74) is 1.61. The monoisotopic (exact) mass is 592 g/mol. The molecule has 2 aromatic rings. The fraction of sp³-hybridized carbons (Fsp3) is 0.529. The Morgan fingerprint density at radius 3 is 2.30 bits per heavy atom. The fourth-order valence-corrected chi connectivity index (χ4v) is 5.78. The summed E-state index contributed by atoms with van der Waals surface area (Å²) in [7, 11) is 1.56. The first-order valence-corrected chi connectivity index (χ1v) is 15.4. The van der Waals surface area contributed by atoms with Crippen LogP contribution in [0.1, 0.15) is 56.1 Å². The topological polar surface area (TPSA) is 111 Å². The van der Waals surface area contributed by atoms with Gasteiger partial charge < -0.3 is 24.4 Å². The number of nitrogens with one attached hydrogen (secondary N) is 1. The molecule has 0 spiro atoms. The lowest BCUT2D eigenvalue weighted by Crippen LogP contribution is -2.52. The van der Waals surface area contributed by atoms with Crippen LogP contribution in [0.3, 0.4) is 0 Å². The number of ketones is 3. The molecule has 2 aliphatic rings. The van der Waals surface area contributed by atoms with Crippen LogP contribution < -0.4 is 10.1 Å². The molecule has 0 radical (unpaired) electrons. The second-order valence-electron chi connectivity index (χ2n) is 11.5. The summed E-state index contributed by atoms with van der Waals surface area (Å²) >= 11 is 0. The van der Waals surface area contributed by atoms with Gasteiger partial charge in [-0.05, 0) is 35.6 Å². The smallest absolute Gasteiger partial charge is 0.318 e. The number of Topliss-reactive ketones (excluding diaryl/α,β-unsaturated/α-hetero) is 3. The van der Waals surface area contributed by atoms with Crippen LogP contribution in [0.2, 0.25) is 0 Å². The zero-order chi connectivity index (χ0) is 30.4. The van der Waals surface area contributed by atoms with Gasteiger partial charge in [0.1, 0.15) is 5.75 Å². The number of hydrogen-bond donors (Lipinski definition) is 1. The molecule has 9 heteroatoms. The van der Waals surface area contributed by atoms with E-state index in [0.29, 0.717) is 50.0 Å². The third-order valence-electron chi connectivity index (χ3n) is 8.33. The summed E-state index contributed by atoms with van der Waals surface area (Å²) in [6.07, 6.45) is 5.70. The van der Waals surface area contributed by atoms with E-state index in [1.165, 1.54) is 6.42 Å². The molecule has 2 amide bonds. The first kappa shape index (κ1) is 32.4. The largest absolute Gasteiger partial charge is 0.497 e. The van der Waals surface area contributed by atoms with E-state index in [1.54, 1.807) is 36.3 Å². The Kier molecular flexibility index (Phi) is 12.7. The summed E-state index contributed by atoms with van der Waals surface area (Å²) in [4.78, 5) is 55.3. The number of ether oxygens (including phenoxy) is 3. The summed E-state index contributed by atoms with van der Waals surface area (Å²) in [6, 6.07) is 15.5. The first-order chi connectivity index (χ1) is 20.9. The van der Waals surface area contributed by atoms with E-state index in [1.807, 2.05) is 30.3 Å². The van der Waals surface area contributed by atoms with Crippen LogP contribution in [0.4, 0.5) is 4.79 Å². The molecule has 1 aliphatic heterocycles. The normalized spacial score (nSPS) is 17.1. The van der Waals surface area contributed by atoms with Crippen molar-refractivity contribution in [3.8, 4) is 5.75 Å². The van der Waals surface area contributed by atoms with Crippen molar-refractivity contribution < 1.29 is 33.4 Å². The molecule has 9 nitrogen and oxygen atoms in total. The van der Waals surface area contributed by atoms with Gasteiger partial charge in [0.05, 0.1) is 45.5 Å². The molecule has 43 heavy (non-hydrogen) atoms. The van der Waals surface area contributed by atoms with Crippen molar-refractivity contribution in [1.82, 2.24) is 10.2 Å². The number of amides is 2. The van der Waals surface area contributed by atoms with Gasteiger partial charge in [-0.1, -0.05) is 74.6 Å². The van der Waals surface area contributed by atoms with Crippen molar-refractivity contribution >= 4 is 23.4 Å². The minimum Gasteiger partial charge on any atom is -0.497 e. The van der Waals surface area contributed by atoms with Crippen molar-refractivity contribution in [1.29, 1.82) is 0 Å². The lowest BCUT2D eigenvalue weighted by Gasteiger charge is -2.31. The number of carbonyl (C=O) groups excluding carboxylic acids is 4. The quantitative estimate of drug-likeness (QED) is 0.302. The molecule has 1 heterocycles. The maximum Gasteiger partial charge on any atom is 0.318 e. The highest BCUT2D eigenvalue weighted by Gasteiger charge is 2.33. The van der Waals surface area contributed by atoms with Gasteiger partial charge in [-0.3, -0.25) is 14.4 Å². The van der Waals surface area contributed by atoms with Crippen LogP contribution in [-0.2, 0) is 36.9 Å². The standard InChI is InChI=1S/C34H44N2O7/c1-41-29-14-12-26(13-15-29)21-32(38)33(39)28(24-43-23-27-10-6-3-7-11-27)22-31(37)30(20-25-8-4-2-5-9-25)35-34(40)36-16-18-42-19-17-36/h3,6-7,10-15,25,28,30H,2,4-5,8-9,16-24H2,1H3,(H,35,40)/t28?,30-/m0/s1. The van der Waals surface area contributed by atoms with Crippen LogP contribution in [-0.4, -0.2) is 74.3 Å². The molecule has 2 aromatic carbocycles. The molecule has 0 bridgehead atoms. The van der Waals surface area contributed by atoms with E-state index in [4.69, 9.17) is 14.2 Å². The zero-order valence-corrected chi connectivity index (χ0v) is 25.1. The Morgan fingerprint density at radius 2 is 1.63 bits per heavy atom. The van der Waals surface area contributed by atoms with Gasteiger partial charge in [0.15, 0.2) is 5.78 Å². The molecular weight excluding hydrogens is 548 g/mol. The van der Waals surface area contributed by atoms with E-state index in [-0.39, 0.29) is 37.9 Å². The average Bonchev–Trinajstić information content (AvgIpc) is 3.05. The molecule has 1 saturated heterocycles. The highest BCUT2D eigenvalue weighted by Crippen LogP contribution is 2.28. The Labute approximate surface area is 254 Å². The minimum absolute atomic E-state index is 0.0681. The zero-order valence-electron chi connectivity index (χ0n) is 25.1. The number of morpholine rings is 1. The maximum absolute atomic E-state index is 13.8. The molecule has 4 rings (SSSR count). The number of benzene rings is 2. The SMILES string of the molecule is COc1ccc(CC(=O)C(=O)C(COCc2ccccc2)CC(=O)[C@H](CC2CCCCC2)NC(=O)N2CCOCC2)cc1. The second kappa shape index (κ2) is 16.9. The van der Waals surface area contributed by atoms with Crippen molar-refractivity contribution in [2.45, 2.75) is 64.0 Å². The van der Waals surface area contributed by atoms with Crippen LogP contribution >= 0.6 is 0 Å². The number of nitrogens with zero attached hydrogens (tertiary/aromatic N) is 1. The molecule has 232 valence electrons. The number of carbonyl (C=O) groups is 4. The van der Waals surface area contributed by atoms with Crippen molar-refractivity contribution in [2.24, 2.45) is 11.8 Å². The molecule has 2 atom stereocenters. The van der Waals surface area contributed by atoms with Crippen molar-refractivity contribution in [3.63, 3.8) is 0 Å². The van der Waals surface area contributed by atoms with Gasteiger partial charge in [0.2, 0.25) is 11.6 Å². The van der Waals surface area contributed by atoms with Gasteiger partial charge in [-0.2, -0.15) is 0 Å². The average molecular weight is 593 g/mol. The lowest BCUT2D eigenvalue weighted by molar-refractivity contribution is -0.141. The molecule has 2 fully saturated rings. The molecule has 1 aliphatic carbocycles. The van der Waals surface area contributed by atoms with Gasteiger partial charge in [0, 0.05) is 25.9 Å². The number of methoxy groups -OCH3 is 1. The summed E-state index contributed by atoms with van der Waals surface area (Å²) in [6.45, 7) is 2.03. The highest BCUT2D eigenvalue weighted by molar-refractivity contribution is 6.38. The molecule has 1 unspecified atom stereocenters. The minimum atomic E-state index is -0.948. The summed E-state index contributed by atoms with van der Waals surface area (Å²) in [5, 5.41) is 2.97. The number of hydrogen-bond acceptors (Lipinski definition) is 7. The predicted molar refractivity (Wildman–Crippen MR) is 162 cm³/mol. The number of urea groups is 1. The van der Waals surface area contributed by atoms with E-state index >= 15 is 0 Å². The Hall–Kier alpha value is -3.56. The van der Waals surface area contributed by atoms with Crippen molar-refractivity contribution in [3.05, 3.63) is 65.7 Å². The predicted octanol–water partition coefficient (Wildman–Crippen LogP) is 4.55. The van der Waals surface area contributed by atoms with E-state index in [2.05, 4.69) is 5.32 Å². The van der Waals surface area contributed by atoms with Crippen LogP contribution in [0.5, 0.6) is 5.75 Å². The first-order valence-electron chi connectivity index (χ1n) is 15.4.